The predicted octanol–water partition coefficient (Wildman–Crippen LogP) is 1.24. The number of likely N-dealkylation sites (tertiary alicyclic amines) is 1. The summed E-state index contributed by atoms with van der Waals surface area (Å²) >= 11 is 0. The zero-order chi connectivity index (χ0) is 12.3. The lowest BCUT2D eigenvalue weighted by Crippen LogP contribution is -2.50. The maximum Gasteiger partial charge on any atom is 0.305 e. The van der Waals surface area contributed by atoms with Gasteiger partial charge in [-0.1, -0.05) is 6.92 Å². The molecule has 0 amide bonds. The fourth-order valence-electron chi connectivity index (χ4n) is 2.16. The molecule has 0 spiro atoms. The van der Waals surface area contributed by atoms with Gasteiger partial charge in [-0.05, 0) is 20.4 Å². The summed E-state index contributed by atoms with van der Waals surface area (Å²) in [4.78, 5) is 25.3. The molecule has 1 aliphatic heterocycles. The van der Waals surface area contributed by atoms with Crippen LogP contribution in [0.2, 0.25) is 0 Å². The van der Waals surface area contributed by atoms with Crippen molar-refractivity contribution in [3.8, 4) is 0 Å². The molecule has 1 heterocycles. The summed E-state index contributed by atoms with van der Waals surface area (Å²) in [7, 11) is 3.40. The first-order valence-corrected chi connectivity index (χ1v) is 5.69. The van der Waals surface area contributed by atoms with E-state index in [9.17, 15) is 9.59 Å². The number of hydrogen-bond acceptors (Lipinski definition) is 4. The van der Waals surface area contributed by atoms with E-state index in [1.54, 1.807) is 0 Å². The third-order valence-corrected chi connectivity index (χ3v) is 3.61. The summed E-state index contributed by atoms with van der Waals surface area (Å²) in [5.41, 5.74) is -0.393. The number of piperidine rings is 1. The minimum absolute atomic E-state index is 0.240. The Balaban J connectivity index is 2.61. The molecule has 2 atom stereocenters. The number of nitrogens with zero attached hydrogens (tertiary/aromatic N) is 1. The maximum atomic E-state index is 12.0. The van der Waals surface area contributed by atoms with E-state index in [-0.39, 0.29) is 11.8 Å². The van der Waals surface area contributed by atoms with E-state index < -0.39 is 5.41 Å². The lowest BCUT2D eigenvalue weighted by molar-refractivity contribution is -0.143. The highest BCUT2D eigenvalue weighted by molar-refractivity contribution is 5.86. The summed E-state index contributed by atoms with van der Waals surface area (Å²) in [5, 5.41) is 0. The molecular weight excluding hydrogens is 206 g/mol. The molecule has 0 aromatic carbocycles. The monoisotopic (exact) mass is 227 g/mol. The first-order chi connectivity index (χ1) is 7.39. The Morgan fingerprint density at radius 2 is 2.25 bits per heavy atom. The van der Waals surface area contributed by atoms with Gasteiger partial charge in [0.05, 0.1) is 7.11 Å². The molecule has 4 heteroatoms. The van der Waals surface area contributed by atoms with Gasteiger partial charge >= 0.3 is 5.97 Å². The van der Waals surface area contributed by atoms with Gasteiger partial charge in [0.15, 0.2) is 0 Å². The van der Waals surface area contributed by atoms with Gasteiger partial charge in [0.1, 0.15) is 5.78 Å². The predicted molar refractivity (Wildman–Crippen MR) is 61.1 cm³/mol. The molecule has 0 bridgehead atoms. The number of rotatable bonds is 3. The summed E-state index contributed by atoms with van der Waals surface area (Å²) < 4.78 is 4.61. The van der Waals surface area contributed by atoms with Crippen molar-refractivity contribution in [2.24, 2.45) is 5.41 Å². The highest BCUT2D eigenvalue weighted by Crippen LogP contribution is 2.32. The second kappa shape index (κ2) is 4.95. The van der Waals surface area contributed by atoms with Crippen molar-refractivity contribution in [2.45, 2.75) is 39.2 Å². The van der Waals surface area contributed by atoms with Crippen LogP contribution in [0.4, 0.5) is 0 Å². The Kier molecular flexibility index (Phi) is 4.08. The molecular formula is C12H21NO3. The van der Waals surface area contributed by atoms with Crippen LogP contribution in [0.25, 0.3) is 0 Å². The molecule has 0 aromatic heterocycles. The SMILES string of the molecule is COC(=O)CC[C@@]1(C)CN(C)[C@@H](C)CC1=O. The molecule has 0 aromatic rings. The second-order valence-corrected chi connectivity index (χ2v) is 5.03. The summed E-state index contributed by atoms with van der Waals surface area (Å²) in [6, 6.07) is 0.304. The van der Waals surface area contributed by atoms with E-state index in [1.807, 2.05) is 14.0 Å². The van der Waals surface area contributed by atoms with E-state index in [0.717, 1.165) is 6.54 Å². The van der Waals surface area contributed by atoms with Crippen LogP contribution in [0.15, 0.2) is 0 Å². The van der Waals surface area contributed by atoms with Crippen LogP contribution in [-0.4, -0.2) is 43.4 Å². The highest BCUT2D eigenvalue weighted by Gasteiger charge is 2.40. The third kappa shape index (κ3) is 2.82. The summed E-state index contributed by atoms with van der Waals surface area (Å²) in [6.45, 7) is 4.72. The molecule has 4 nitrogen and oxygen atoms in total. The molecule has 1 saturated heterocycles. The minimum atomic E-state index is -0.393. The Morgan fingerprint density at radius 3 is 2.81 bits per heavy atom. The largest absolute Gasteiger partial charge is 0.469 e. The normalized spacial score (nSPS) is 31.5. The average Bonchev–Trinajstić information content (AvgIpc) is 2.23. The molecule has 92 valence electrons. The van der Waals surface area contributed by atoms with Crippen molar-refractivity contribution in [3.05, 3.63) is 0 Å². The van der Waals surface area contributed by atoms with Crippen molar-refractivity contribution in [1.82, 2.24) is 4.90 Å². The molecule has 0 unspecified atom stereocenters. The van der Waals surface area contributed by atoms with Crippen LogP contribution in [-0.2, 0) is 14.3 Å². The Morgan fingerprint density at radius 1 is 1.62 bits per heavy atom. The third-order valence-electron chi connectivity index (χ3n) is 3.61. The highest BCUT2D eigenvalue weighted by atomic mass is 16.5. The molecule has 0 aliphatic carbocycles. The molecule has 0 radical (unpaired) electrons. The van der Waals surface area contributed by atoms with Gasteiger partial charge in [0.25, 0.3) is 0 Å². The molecule has 0 saturated carbocycles. The molecule has 1 aliphatic rings. The Hall–Kier alpha value is -0.900. The van der Waals surface area contributed by atoms with Crippen LogP contribution in [0, 0.1) is 5.41 Å². The van der Waals surface area contributed by atoms with Crippen LogP contribution in [0.3, 0.4) is 0 Å². The fraction of sp³-hybridized carbons (Fsp3) is 0.833. The average molecular weight is 227 g/mol. The number of ether oxygens (including phenoxy) is 1. The van der Waals surface area contributed by atoms with E-state index >= 15 is 0 Å². The molecule has 16 heavy (non-hydrogen) atoms. The van der Waals surface area contributed by atoms with E-state index in [0.29, 0.717) is 25.3 Å². The zero-order valence-corrected chi connectivity index (χ0v) is 10.6. The number of Topliss-reactive ketones (excluding diaryl/α,β-unsaturated/α-hetero) is 1. The lowest BCUT2D eigenvalue weighted by atomic mass is 9.75. The quantitative estimate of drug-likeness (QED) is 0.681. The van der Waals surface area contributed by atoms with Gasteiger partial charge in [0, 0.05) is 30.8 Å². The van der Waals surface area contributed by atoms with Crippen molar-refractivity contribution >= 4 is 11.8 Å². The van der Waals surface area contributed by atoms with Gasteiger partial charge in [-0.25, -0.2) is 0 Å². The van der Waals surface area contributed by atoms with Crippen LogP contribution >= 0.6 is 0 Å². The van der Waals surface area contributed by atoms with Crippen LogP contribution < -0.4 is 0 Å². The van der Waals surface area contributed by atoms with E-state index in [1.165, 1.54) is 7.11 Å². The maximum absolute atomic E-state index is 12.0. The van der Waals surface area contributed by atoms with E-state index in [4.69, 9.17) is 0 Å². The summed E-state index contributed by atoms with van der Waals surface area (Å²) in [6.07, 6.45) is 1.48. The van der Waals surface area contributed by atoms with Crippen LogP contribution in [0.5, 0.6) is 0 Å². The molecule has 1 rings (SSSR count). The number of methoxy groups -OCH3 is 1. The topological polar surface area (TPSA) is 46.6 Å². The minimum Gasteiger partial charge on any atom is -0.469 e. The van der Waals surface area contributed by atoms with Crippen molar-refractivity contribution in [2.75, 3.05) is 20.7 Å². The zero-order valence-electron chi connectivity index (χ0n) is 10.6. The number of hydrogen-bond donors (Lipinski definition) is 0. The number of carbonyl (C=O) groups is 2. The van der Waals surface area contributed by atoms with Gasteiger partial charge < -0.3 is 9.64 Å². The Bertz CT molecular complexity index is 290. The van der Waals surface area contributed by atoms with Gasteiger partial charge in [0.2, 0.25) is 0 Å². The van der Waals surface area contributed by atoms with Crippen molar-refractivity contribution < 1.29 is 14.3 Å². The van der Waals surface area contributed by atoms with Crippen LogP contribution in [0.1, 0.15) is 33.1 Å². The smallest absolute Gasteiger partial charge is 0.305 e. The number of esters is 1. The van der Waals surface area contributed by atoms with Gasteiger partial charge in [-0.2, -0.15) is 0 Å². The fourth-order valence-corrected chi connectivity index (χ4v) is 2.16. The van der Waals surface area contributed by atoms with Gasteiger partial charge in [-0.15, -0.1) is 0 Å². The van der Waals surface area contributed by atoms with Gasteiger partial charge in [-0.3, -0.25) is 9.59 Å². The van der Waals surface area contributed by atoms with E-state index in [2.05, 4.69) is 16.6 Å². The molecule has 1 fully saturated rings. The lowest BCUT2D eigenvalue weighted by Gasteiger charge is -2.41. The Labute approximate surface area is 96.9 Å². The number of ketones is 1. The first kappa shape index (κ1) is 13.2. The summed E-state index contributed by atoms with van der Waals surface area (Å²) in [5.74, 6) is 0.0253. The van der Waals surface area contributed by atoms with Crippen molar-refractivity contribution in [3.63, 3.8) is 0 Å². The standard InChI is InChI=1S/C12H21NO3/c1-9-7-10(14)12(2,8-13(9)3)6-5-11(15)16-4/h9H,5-8H2,1-4H3/t9-,12-/m0/s1. The second-order valence-electron chi connectivity index (χ2n) is 5.03. The number of carbonyl (C=O) groups excluding carboxylic acids is 2. The molecule has 0 N–H and O–H groups in total. The van der Waals surface area contributed by atoms with Crippen molar-refractivity contribution in [1.29, 1.82) is 0 Å². The first-order valence-electron chi connectivity index (χ1n) is 5.69.